The smallest absolute Gasteiger partial charge is 0.0733 e. The third-order valence-electron chi connectivity index (χ3n) is 4.84. The molecule has 0 amide bonds. The van der Waals surface area contributed by atoms with Crippen LogP contribution in [0, 0.1) is 5.92 Å². The van der Waals surface area contributed by atoms with Crippen LogP contribution in [-0.2, 0) is 11.3 Å². The molecule has 2 fully saturated rings. The molecule has 1 heterocycles. The molecule has 1 saturated carbocycles. The lowest BCUT2D eigenvalue weighted by Crippen LogP contribution is -2.38. The monoisotopic (exact) mass is 274 g/mol. The van der Waals surface area contributed by atoms with Gasteiger partial charge in [-0.2, -0.15) is 0 Å². The number of anilines is 1. The third kappa shape index (κ3) is 2.99. The standard InChI is InChI=1S/C17H26N2O/c1-20-12-13-6-2-3-8-15(13)19-17-9-4-7-14(17)16-10-5-11-18-16/h2-3,6,8,14,16-19H,4-5,7,9-12H2,1H3. The Morgan fingerprint density at radius 3 is 2.90 bits per heavy atom. The first-order valence-electron chi connectivity index (χ1n) is 7.95. The maximum absolute atomic E-state index is 5.31. The molecule has 0 radical (unpaired) electrons. The Hall–Kier alpha value is -1.06. The van der Waals surface area contributed by atoms with Gasteiger partial charge in [-0.05, 0) is 44.2 Å². The highest BCUT2D eigenvalue weighted by Gasteiger charge is 2.35. The molecule has 3 nitrogen and oxygen atoms in total. The van der Waals surface area contributed by atoms with Gasteiger partial charge in [0.2, 0.25) is 0 Å². The molecule has 2 aliphatic rings. The molecular formula is C17H26N2O. The van der Waals surface area contributed by atoms with Crippen molar-refractivity contribution in [2.75, 3.05) is 19.0 Å². The lowest BCUT2D eigenvalue weighted by atomic mass is 9.93. The van der Waals surface area contributed by atoms with Gasteiger partial charge < -0.3 is 15.4 Å². The fourth-order valence-electron chi connectivity index (χ4n) is 3.87. The normalized spacial score (nSPS) is 29.8. The van der Waals surface area contributed by atoms with Crippen molar-refractivity contribution in [3.63, 3.8) is 0 Å². The zero-order chi connectivity index (χ0) is 13.8. The average molecular weight is 274 g/mol. The minimum Gasteiger partial charge on any atom is -0.382 e. The highest BCUT2D eigenvalue weighted by Crippen LogP contribution is 2.34. The number of hydrogen-bond acceptors (Lipinski definition) is 3. The highest BCUT2D eigenvalue weighted by molar-refractivity contribution is 5.51. The molecule has 20 heavy (non-hydrogen) atoms. The molecule has 0 spiro atoms. The first kappa shape index (κ1) is 13.9. The van der Waals surface area contributed by atoms with Crippen molar-refractivity contribution < 1.29 is 4.74 Å². The van der Waals surface area contributed by atoms with Crippen molar-refractivity contribution in [3.8, 4) is 0 Å². The topological polar surface area (TPSA) is 33.3 Å². The molecule has 0 aromatic heterocycles. The molecule has 0 bridgehead atoms. The van der Waals surface area contributed by atoms with E-state index in [4.69, 9.17) is 4.74 Å². The summed E-state index contributed by atoms with van der Waals surface area (Å²) in [5.74, 6) is 0.785. The second-order valence-corrected chi connectivity index (χ2v) is 6.14. The zero-order valence-electron chi connectivity index (χ0n) is 12.4. The van der Waals surface area contributed by atoms with Crippen LogP contribution in [0.4, 0.5) is 5.69 Å². The number of para-hydroxylation sites is 1. The highest BCUT2D eigenvalue weighted by atomic mass is 16.5. The largest absolute Gasteiger partial charge is 0.382 e. The fraction of sp³-hybridized carbons (Fsp3) is 0.647. The Labute approximate surface area is 122 Å². The van der Waals surface area contributed by atoms with Crippen LogP contribution in [0.1, 0.15) is 37.7 Å². The number of rotatable bonds is 5. The van der Waals surface area contributed by atoms with Crippen LogP contribution in [-0.4, -0.2) is 25.7 Å². The second kappa shape index (κ2) is 6.59. The van der Waals surface area contributed by atoms with Gasteiger partial charge in [0.05, 0.1) is 6.61 Å². The molecule has 1 saturated heterocycles. The van der Waals surface area contributed by atoms with Crippen LogP contribution in [0.15, 0.2) is 24.3 Å². The van der Waals surface area contributed by atoms with Crippen LogP contribution in [0.25, 0.3) is 0 Å². The van der Waals surface area contributed by atoms with E-state index in [1.54, 1.807) is 7.11 Å². The van der Waals surface area contributed by atoms with Crippen LogP contribution >= 0.6 is 0 Å². The molecule has 3 heteroatoms. The van der Waals surface area contributed by atoms with Gasteiger partial charge in [-0.25, -0.2) is 0 Å². The van der Waals surface area contributed by atoms with E-state index in [1.807, 2.05) is 0 Å². The summed E-state index contributed by atoms with van der Waals surface area (Å²) in [7, 11) is 1.76. The first-order valence-corrected chi connectivity index (χ1v) is 7.95. The Kier molecular flexibility index (Phi) is 4.58. The Morgan fingerprint density at radius 1 is 1.20 bits per heavy atom. The van der Waals surface area contributed by atoms with Gasteiger partial charge >= 0.3 is 0 Å². The number of ether oxygens (including phenoxy) is 1. The summed E-state index contributed by atoms with van der Waals surface area (Å²) in [6.07, 6.45) is 6.70. The molecule has 2 N–H and O–H groups in total. The minimum atomic E-state index is 0.614. The van der Waals surface area contributed by atoms with Gasteiger partial charge in [0.25, 0.3) is 0 Å². The van der Waals surface area contributed by atoms with Gasteiger partial charge in [-0.1, -0.05) is 24.6 Å². The van der Waals surface area contributed by atoms with E-state index in [-0.39, 0.29) is 0 Å². The number of nitrogens with one attached hydrogen (secondary N) is 2. The molecule has 3 unspecified atom stereocenters. The Bertz CT molecular complexity index is 429. The molecule has 3 atom stereocenters. The first-order chi connectivity index (χ1) is 9.88. The summed E-state index contributed by atoms with van der Waals surface area (Å²) in [6, 6.07) is 9.88. The third-order valence-corrected chi connectivity index (χ3v) is 4.84. The lowest BCUT2D eigenvalue weighted by molar-refractivity contribution is 0.185. The van der Waals surface area contributed by atoms with Crippen LogP contribution in [0.3, 0.4) is 0 Å². The van der Waals surface area contributed by atoms with Crippen molar-refractivity contribution in [2.45, 2.75) is 50.8 Å². The maximum Gasteiger partial charge on any atom is 0.0733 e. The number of benzene rings is 1. The van der Waals surface area contributed by atoms with E-state index in [9.17, 15) is 0 Å². The quantitative estimate of drug-likeness (QED) is 0.865. The average Bonchev–Trinajstić information content (AvgIpc) is 3.11. The zero-order valence-corrected chi connectivity index (χ0v) is 12.4. The van der Waals surface area contributed by atoms with Gasteiger partial charge in [0.15, 0.2) is 0 Å². The van der Waals surface area contributed by atoms with Crippen molar-refractivity contribution in [1.82, 2.24) is 5.32 Å². The molecule has 1 aromatic carbocycles. The molecule has 1 aliphatic carbocycles. The van der Waals surface area contributed by atoms with E-state index >= 15 is 0 Å². The predicted molar refractivity (Wildman–Crippen MR) is 82.9 cm³/mol. The molecular weight excluding hydrogens is 248 g/mol. The van der Waals surface area contributed by atoms with E-state index in [2.05, 4.69) is 34.9 Å². The summed E-state index contributed by atoms with van der Waals surface area (Å²) in [5.41, 5.74) is 2.52. The van der Waals surface area contributed by atoms with Crippen molar-refractivity contribution in [3.05, 3.63) is 29.8 Å². The second-order valence-electron chi connectivity index (χ2n) is 6.14. The minimum absolute atomic E-state index is 0.614. The van der Waals surface area contributed by atoms with Gasteiger partial charge in [-0.15, -0.1) is 0 Å². The summed E-state index contributed by atoms with van der Waals surface area (Å²) < 4.78 is 5.31. The maximum atomic E-state index is 5.31. The molecule has 110 valence electrons. The lowest BCUT2D eigenvalue weighted by Gasteiger charge is -2.28. The van der Waals surface area contributed by atoms with Crippen molar-refractivity contribution in [1.29, 1.82) is 0 Å². The SMILES string of the molecule is COCc1ccccc1NC1CCCC1C1CCCN1. The molecule has 1 aromatic rings. The van der Waals surface area contributed by atoms with Gasteiger partial charge in [-0.3, -0.25) is 0 Å². The van der Waals surface area contributed by atoms with Crippen molar-refractivity contribution >= 4 is 5.69 Å². The summed E-state index contributed by atoms with van der Waals surface area (Å²) in [4.78, 5) is 0. The Morgan fingerprint density at radius 2 is 2.10 bits per heavy atom. The summed E-state index contributed by atoms with van der Waals surface area (Å²) >= 11 is 0. The van der Waals surface area contributed by atoms with E-state index < -0.39 is 0 Å². The van der Waals surface area contributed by atoms with Gasteiger partial charge in [0.1, 0.15) is 0 Å². The fourth-order valence-corrected chi connectivity index (χ4v) is 3.87. The molecule has 3 rings (SSSR count). The van der Waals surface area contributed by atoms with E-state index in [0.717, 1.165) is 12.0 Å². The van der Waals surface area contributed by atoms with E-state index in [0.29, 0.717) is 12.6 Å². The Balaban J connectivity index is 1.69. The summed E-state index contributed by atoms with van der Waals surface area (Å²) in [6.45, 7) is 1.89. The number of hydrogen-bond donors (Lipinski definition) is 2. The van der Waals surface area contributed by atoms with E-state index in [1.165, 1.54) is 49.9 Å². The van der Waals surface area contributed by atoms with Gasteiger partial charge in [0, 0.05) is 30.4 Å². The van der Waals surface area contributed by atoms with Crippen molar-refractivity contribution in [2.24, 2.45) is 5.92 Å². The molecule has 1 aliphatic heterocycles. The summed E-state index contributed by atoms with van der Waals surface area (Å²) in [5, 5.41) is 7.49. The van der Waals surface area contributed by atoms with Crippen LogP contribution in [0.5, 0.6) is 0 Å². The predicted octanol–water partition coefficient (Wildman–Crippen LogP) is 3.17. The van der Waals surface area contributed by atoms with Crippen LogP contribution in [0.2, 0.25) is 0 Å². The number of methoxy groups -OCH3 is 1. The van der Waals surface area contributed by atoms with Crippen LogP contribution < -0.4 is 10.6 Å².